The van der Waals surface area contributed by atoms with E-state index in [1.165, 1.54) is 0 Å². The summed E-state index contributed by atoms with van der Waals surface area (Å²) in [7, 11) is 0. The molecule has 3 heterocycles. The molecule has 1 saturated heterocycles. The summed E-state index contributed by atoms with van der Waals surface area (Å²) in [6, 6.07) is 7.61. The maximum atomic E-state index is 12.8. The molecule has 25 heavy (non-hydrogen) atoms. The van der Waals surface area contributed by atoms with Gasteiger partial charge in [0, 0.05) is 18.1 Å². The lowest BCUT2D eigenvalue weighted by Gasteiger charge is -2.30. The number of likely N-dealkylation sites (tertiary alicyclic amines) is 1. The van der Waals surface area contributed by atoms with E-state index in [0.29, 0.717) is 29.8 Å². The molecular weight excluding hydrogens is 340 g/mol. The molecule has 1 aromatic heterocycles. The quantitative estimate of drug-likeness (QED) is 0.825. The van der Waals surface area contributed by atoms with Crippen LogP contribution in [0, 0.1) is 5.92 Å². The molecule has 1 aromatic carbocycles. The Hall–Kier alpha value is -1.92. The average molecular weight is 361 g/mol. The maximum Gasteiger partial charge on any atom is 0.276 e. The van der Waals surface area contributed by atoms with Gasteiger partial charge in [0.25, 0.3) is 5.91 Å². The summed E-state index contributed by atoms with van der Waals surface area (Å²) in [6.07, 6.45) is 1.99. The number of rotatable bonds is 2. The van der Waals surface area contributed by atoms with Crippen molar-refractivity contribution in [2.75, 3.05) is 13.1 Å². The van der Waals surface area contributed by atoms with Gasteiger partial charge in [-0.25, -0.2) is 4.68 Å². The van der Waals surface area contributed by atoms with Crippen molar-refractivity contribution in [1.29, 1.82) is 0 Å². The van der Waals surface area contributed by atoms with Gasteiger partial charge in [-0.2, -0.15) is 0 Å². The molecule has 0 bridgehead atoms. The molecule has 1 atom stereocenters. The van der Waals surface area contributed by atoms with Gasteiger partial charge in [0.2, 0.25) is 0 Å². The molecule has 7 heteroatoms. The Balaban J connectivity index is 1.50. The zero-order chi connectivity index (χ0) is 17.4. The monoisotopic (exact) mass is 360 g/mol. The summed E-state index contributed by atoms with van der Waals surface area (Å²) in [6.45, 7) is 4.70. The highest BCUT2D eigenvalue weighted by molar-refractivity contribution is 6.30. The van der Waals surface area contributed by atoms with Gasteiger partial charge in [-0.15, -0.1) is 5.10 Å². The van der Waals surface area contributed by atoms with E-state index in [-0.39, 0.29) is 12.0 Å². The van der Waals surface area contributed by atoms with E-state index in [0.717, 1.165) is 37.2 Å². The summed E-state index contributed by atoms with van der Waals surface area (Å²) < 4.78 is 7.76. The molecule has 2 aromatic rings. The van der Waals surface area contributed by atoms with Crippen molar-refractivity contribution in [3.8, 4) is 0 Å². The van der Waals surface area contributed by atoms with Gasteiger partial charge in [0.15, 0.2) is 5.69 Å². The highest BCUT2D eigenvalue weighted by Crippen LogP contribution is 2.28. The molecule has 4 rings (SSSR count). The Morgan fingerprint density at radius 2 is 1.96 bits per heavy atom. The van der Waals surface area contributed by atoms with Gasteiger partial charge >= 0.3 is 0 Å². The first-order chi connectivity index (χ1) is 12.1. The van der Waals surface area contributed by atoms with Crippen molar-refractivity contribution >= 4 is 17.5 Å². The normalized spacial score (nSPS) is 21.2. The van der Waals surface area contributed by atoms with Crippen LogP contribution in [-0.4, -0.2) is 38.9 Å². The number of piperidine rings is 1. The SMILES string of the molecule is CC1CCN(C(=O)c2nnn3c2COC(c2ccc(Cl)cc2)C3)CC1. The summed E-state index contributed by atoms with van der Waals surface area (Å²) in [5, 5.41) is 9.05. The van der Waals surface area contributed by atoms with Crippen molar-refractivity contribution in [2.45, 2.75) is 39.0 Å². The van der Waals surface area contributed by atoms with Crippen LogP contribution in [0.4, 0.5) is 0 Å². The molecule has 0 radical (unpaired) electrons. The lowest BCUT2D eigenvalue weighted by atomic mass is 9.99. The van der Waals surface area contributed by atoms with Gasteiger partial charge in [-0.3, -0.25) is 4.79 Å². The van der Waals surface area contributed by atoms with E-state index < -0.39 is 0 Å². The van der Waals surface area contributed by atoms with E-state index in [9.17, 15) is 4.79 Å². The lowest BCUT2D eigenvalue weighted by molar-refractivity contribution is -0.00200. The number of aromatic nitrogens is 3. The van der Waals surface area contributed by atoms with E-state index in [1.807, 2.05) is 29.2 Å². The van der Waals surface area contributed by atoms with Crippen LogP contribution in [-0.2, 0) is 17.9 Å². The third kappa shape index (κ3) is 3.28. The van der Waals surface area contributed by atoms with Crippen molar-refractivity contribution < 1.29 is 9.53 Å². The van der Waals surface area contributed by atoms with Gasteiger partial charge in [0.1, 0.15) is 6.10 Å². The van der Waals surface area contributed by atoms with Crippen LogP contribution < -0.4 is 0 Å². The summed E-state index contributed by atoms with van der Waals surface area (Å²) in [5.41, 5.74) is 2.25. The van der Waals surface area contributed by atoms with E-state index >= 15 is 0 Å². The molecule has 0 spiro atoms. The smallest absolute Gasteiger partial charge is 0.276 e. The van der Waals surface area contributed by atoms with E-state index in [1.54, 1.807) is 4.68 Å². The fourth-order valence-electron chi connectivity index (χ4n) is 3.42. The van der Waals surface area contributed by atoms with Crippen LogP contribution in [0.1, 0.15) is 47.6 Å². The zero-order valence-electron chi connectivity index (χ0n) is 14.2. The second-order valence-corrected chi connectivity index (χ2v) is 7.33. The Bertz CT molecular complexity index is 766. The summed E-state index contributed by atoms with van der Waals surface area (Å²) >= 11 is 5.94. The number of halogens is 1. The highest BCUT2D eigenvalue weighted by Gasteiger charge is 2.31. The summed E-state index contributed by atoms with van der Waals surface area (Å²) in [4.78, 5) is 14.7. The number of benzene rings is 1. The van der Waals surface area contributed by atoms with Gasteiger partial charge in [-0.05, 0) is 36.5 Å². The van der Waals surface area contributed by atoms with Crippen LogP contribution >= 0.6 is 11.6 Å². The molecule has 0 aliphatic carbocycles. The van der Waals surface area contributed by atoms with Crippen LogP contribution in [0.3, 0.4) is 0 Å². The Morgan fingerprint density at radius 1 is 1.24 bits per heavy atom. The minimum atomic E-state index is -0.106. The predicted molar refractivity (Wildman–Crippen MR) is 93.3 cm³/mol. The van der Waals surface area contributed by atoms with Crippen molar-refractivity contribution in [3.05, 3.63) is 46.2 Å². The molecule has 2 aliphatic rings. The minimum absolute atomic E-state index is 0.0262. The van der Waals surface area contributed by atoms with E-state index in [4.69, 9.17) is 16.3 Å². The Labute approximate surface area is 151 Å². The lowest BCUT2D eigenvalue weighted by Crippen LogP contribution is -2.38. The molecule has 132 valence electrons. The highest BCUT2D eigenvalue weighted by atomic mass is 35.5. The van der Waals surface area contributed by atoms with Gasteiger partial charge < -0.3 is 9.64 Å². The Morgan fingerprint density at radius 3 is 2.68 bits per heavy atom. The summed E-state index contributed by atoms with van der Waals surface area (Å²) in [5.74, 6) is 0.656. The molecule has 1 unspecified atom stereocenters. The molecule has 2 aliphatic heterocycles. The standard InChI is InChI=1S/C18H21ClN4O2/c1-12-6-8-22(9-7-12)18(24)17-15-11-25-16(10-23(15)21-20-17)13-2-4-14(19)5-3-13/h2-5,12,16H,6-11H2,1H3. The number of nitrogens with zero attached hydrogens (tertiary/aromatic N) is 4. The number of ether oxygens (including phenoxy) is 1. The second kappa shape index (κ2) is 6.77. The van der Waals surface area contributed by atoms with Crippen molar-refractivity contribution in [2.24, 2.45) is 5.92 Å². The van der Waals surface area contributed by atoms with Gasteiger partial charge in [0.05, 0.1) is 18.8 Å². The first kappa shape index (κ1) is 16.5. The number of carbonyl (C=O) groups excluding carboxylic acids is 1. The first-order valence-corrected chi connectivity index (χ1v) is 9.08. The van der Waals surface area contributed by atoms with E-state index in [2.05, 4.69) is 17.2 Å². The minimum Gasteiger partial charge on any atom is -0.365 e. The molecule has 6 nitrogen and oxygen atoms in total. The molecule has 1 fully saturated rings. The second-order valence-electron chi connectivity index (χ2n) is 6.89. The van der Waals surface area contributed by atoms with Crippen LogP contribution in [0.5, 0.6) is 0 Å². The molecule has 0 N–H and O–H groups in total. The number of fused-ring (bicyclic) bond motifs is 1. The van der Waals surface area contributed by atoms with Crippen LogP contribution in [0.15, 0.2) is 24.3 Å². The van der Waals surface area contributed by atoms with Crippen LogP contribution in [0.25, 0.3) is 0 Å². The van der Waals surface area contributed by atoms with Gasteiger partial charge in [-0.1, -0.05) is 35.9 Å². The maximum absolute atomic E-state index is 12.8. The number of hydrogen-bond donors (Lipinski definition) is 0. The third-order valence-corrected chi connectivity index (χ3v) is 5.36. The fourth-order valence-corrected chi connectivity index (χ4v) is 3.54. The largest absolute Gasteiger partial charge is 0.365 e. The number of amides is 1. The predicted octanol–water partition coefficient (Wildman–Crippen LogP) is 3.08. The van der Waals surface area contributed by atoms with Crippen molar-refractivity contribution in [3.63, 3.8) is 0 Å². The van der Waals surface area contributed by atoms with Crippen LogP contribution in [0.2, 0.25) is 5.02 Å². The molecule has 0 saturated carbocycles. The fraction of sp³-hybridized carbons (Fsp3) is 0.500. The van der Waals surface area contributed by atoms with Crippen molar-refractivity contribution in [1.82, 2.24) is 19.9 Å². The Kier molecular flexibility index (Phi) is 4.48. The topological polar surface area (TPSA) is 60.2 Å². The molecule has 1 amide bonds. The average Bonchev–Trinajstić information content (AvgIpc) is 3.05. The first-order valence-electron chi connectivity index (χ1n) is 8.70. The third-order valence-electron chi connectivity index (χ3n) is 5.11. The zero-order valence-corrected chi connectivity index (χ0v) is 14.9. The number of hydrogen-bond acceptors (Lipinski definition) is 4. The number of carbonyl (C=O) groups is 1. The molecular formula is C18H21ClN4O2.